The predicted molar refractivity (Wildman–Crippen MR) is 70.7 cm³/mol. The van der Waals surface area contributed by atoms with E-state index in [9.17, 15) is 13.2 Å². The Morgan fingerprint density at radius 1 is 1.42 bits per heavy atom. The van der Waals surface area contributed by atoms with Gasteiger partial charge in [-0.25, -0.2) is 18.4 Å². The van der Waals surface area contributed by atoms with Crippen molar-refractivity contribution in [2.45, 2.75) is 13.3 Å². The van der Waals surface area contributed by atoms with Crippen LogP contribution in [0.15, 0.2) is 6.33 Å². The lowest BCUT2D eigenvalue weighted by Crippen LogP contribution is -2.20. The number of aromatic nitrogens is 2. The van der Waals surface area contributed by atoms with Crippen molar-refractivity contribution in [2.75, 3.05) is 17.1 Å². The second-order valence-corrected chi connectivity index (χ2v) is 5.88. The number of nitrogens with one attached hydrogen (secondary N) is 1. The normalized spacial score (nSPS) is 11.1. The summed E-state index contributed by atoms with van der Waals surface area (Å²) in [5.41, 5.74) is 0. The highest BCUT2D eigenvalue weighted by molar-refractivity contribution is 7.92. The van der Waals surface area contributed by atoms with Crippen LogP contribution in [0, 0.1) is 0 Å². The van der Waals surface area contributed by atoms with Crippen LogP contribution in [-0.2, 0) is 19.6 Å². The van der Waals surface area contributed by atoms with E-state index in [1.54, 1.807) is 6.92 Å². The number of ether oxygens (including phenoxy) is 1. The van der Waals surface area contributed by atoms with E-state index in [2.05, 4.69) is 19.4 Å². The van der Waals surface area contributed by atoms with Gasteiger partial charge >= 0.3 is 5.97 Å². The maximum atomic E-state index is 11.7. The summed E-state index contributed by atoms with van der Waals surface area (Å²) in [7, 11) is -3.77. The van der Waals surface area contributed by atoms with Crippen molar-refractivity contribution in [1.82, 2.24) is 9.97 Å². The Morgan fingerprint density at radius 3 is 2.74 bits per heavy atom. The molecule has 0 saturated carbocycles. The number of carbonyl (C=O) groups excluding carboxylic acids is 1. The van der Waals surface area contributed by atoms with Crippen molar-refractivity contribution >= 4 is 45.0 Å². The van der Waals surface area contributed by atoms with E-state index >= 15 is 0 Å². The average Bonchev–Trinajstić information content (AvgIpc) is 2.33. The Morgan fingerprint density at radius 2 is 2.11 bits per heavy atom. The van der Waals surface area contributed by atoms with Crippen molar-refractivity contribution in [3.05, 3.63) is 16.5 Å². The smallest absolute Gasteiger partial charge is 0.306 e. The minimum Gasteiger partial charge on any atom is -0.466 e. The largest absolute Gasteiger partial charge is 0.466 e. The maximum Gasteiger partial charge on any atom is 0.306 e. The molecule has 19 heavy (non-hydrogen) atoms. The van der Waals surface area contributed by atoms with Crippen molar-refractivity contribution in [3.8, 4) is 0 Å². The molecule has 0 saturated heterocycles. The molecule has 1 heterocycles. The molecule has 0 bridgehead atoms. The SMILES string of the molecule is CCOC(=O)CCS(=O)(=O)Nc1ncnc(Cl)c1Cl. The molecule has 106 valence electrons. The Balaban J connectivity index is 2.69. The third-order valence-electron chi connectivity index (χ3n) is 1.88. The molecule has 0 spiro atoms. The molecule has 0 aliphatic heterocycles. The molecule has 10 heteroatoms. The fourth-order valence-electron chi connectivity index (χ4n) is 1.07. The van der Waals surface area contributed by atoms with Gasteiger partial charge < -0.3 is 4.74 Å². The van der Waals surface area contributed by atoms with Gasteiger partial charge in [0, 0.05) is 0 Å². The number of nitrogens with zero attached hydrogens (tertiary/aromatic N) is 2. The lowest BCUT2D eigenvalue weighted by atomic mass is 10.5. The Bertz CT molecular complexity index is 565. The molecular weight excluding hydrogens is 317 g/mol. The van der Waals surface area contributed by atoms with Crippen LogP contribution < -0.4 is 4.72 Å². The summed E-state index contributed by atoms with van der Waals surface area (Å²) in [6.45, 7) is 1.83. The van der Waals surface area contributed by atoms with Crippen LogP contribution in [0.1, 0.15) is 13.3 Å². The van der Waals surface area contributed by atoms with E-state index in [1.165, 1.54) is 0 Å². The van der Waals surface area contributed by atoms with Gasteiger partial charge in [0.1, 0.15) is 11.3 Å². The topological polar surface area (TPSA) is 98.2 Å². The summed E-state index contributed by atoms with van der Waals surface area (Å²) in [6.07, 6.45) is 0.803. The van der Waals surface area contributed by atoms with E-state index in [0.717, 1.165) is 6.33 Å². The molecular formula is C9H11Cl2N3O4S. The number of sulfonamides is 1. The van der Waals surface area contributed by atoms with Crippen LogP contribution in [-0.4, -0.2) is 36.7 Å². The van der Waals surface area contributed by atoms with Crippen molar-refractivity contribution in [3.63, 3.8) is 0 Å². The molecule has 0 radical (unpaired) electrons. The van der Waals surface area contributed by atoms with E-state index in [1.807, 2.05) is 0 Å². The standard InChI is InChI=1S/C9H11Cl2N3O4S/c1-2-18-6(15)3-4-19(16,17)14-9-7(10)8(11)12-5-13-9/h5H,2-4H2,1H3,(H,12,13,14). The summed E-state index contributed by atoms with van der Waals surface area (Å²) in [5.74, 6) is -1.17. The van der Waals surface area contributed by atoms with Crippen LogP contribution in [0.3, 0.4) is 0 Å². The molecule has 7 nitrogen and oxygen atoms in total. The second kappa shape index (κ2) is 6.88. The summed E-state index contributed by atoms with van der Waals surface area (Å²) < 4.78 is 30.1. The fourth-order valence-corrected chi connectivity index (χ4v) is 2.39. The van der Waals surface area contributed by atoms with E-state index < -0.39 is 21.7 Å². The first-order chi connectivity index (χ1) is 8.85. The van der Waals surface area contributed by atoms with Gasteiger partial charge in [0.2, 0.25) is 10.0 Å². The molecule has 0 aliphatic rings. The fraction of sp³-hybridized carbons (Fsp3) is 0.444. The molecule has 1 aromatic rings. The Hall–Kier alpha value is -1.12. The summed E-state index contributed by atoms with van der Waals surface area (Å²) in [4.78, 5) is 18.3. The van der Waals surface area contributed by atoms with Crippen LogP contribution >= 0.6 is 23.2 Å². The van der Waals surface area contributed by atoms with E-state index in [4.69, 9.17) is 23.2 Å². The molecule has 0 fully saturated rings. The quantitative estimate of drug-likeness (QED) is 0.627. The minimum absolute atomic E-state index is 0.0697. The third-order valence-corrected chi connectivity index (χ3v) is 3.87. The zero-order chi connectivity index (χ0) is 14.5. The second-order valence-electron chi connectivity index (χ2n) is 3.30. The first-order valence-corrected chi connectivity index (χ1v) is 7.58. The highest BCUT2D eigenvalue weighted by atomic mass is 35.5. The number of hydrogen-bond acceptors (Lipinski definition) is 6. The Labute approximate surface area is 120 Å². The van der Waals surface area contributed by atoms with Gasteiger partial charge in [-0.05, 0) is 6.92 Å². The minimum atomic E-state index is -3.77. The highest BCUT2D eigenvalue weighted by Gasteiger charge is 2.17. The van der Waals surface area contributed by atoms with Crippen molar-refractivity contribution in [1.29, 1.82) is 0 Å². The molecule has 1 N–H and O–H groups in total. The predicted octanol–water partition coefficient (Wildman–Crippen LogP) is 1.48. The van der Waals surface area contributed by atoms with Crippen molar-refractivity contribution < 1.29 is 17.9 Å². The van der Waals surface area contributed by atoms with Crippen molar-refractivity contribution in [2.24, 2.45) is 0 Å². The van der Waals surface area contributed by atoms with E-state index in [0.29, 0.717) is 0 Å². The van der Waals surface area contributed by atoms with Gasteiger partial charge in [-0.1, -0.05) is 23.2 Å². The average molecular weight is 328 g/mol. The number of hydrogen-bond donors (Lipinski definition) is 1. The van der Waals surface area contributed by atoms with Crippen LogP contribution in [0.25, 0.3) is 0 Å². The molecule has 0 unspecified atom stereocenters. The number of esters is 1. The third kappa shape index (κ3) is 5.17. The van der Waals surface area contributed by atoms with Gasteiger partial charge in [0.05, 0.1) is 18.8 Å². The lowest BCUT2D eigenvalue weighted by Gasteiger charge is -2.08. The van der Waals surface area contributed by atoms with Gasteiger partial charge in [0.25, 0.3) is 0 Å². The van der Waals surface area contributed by atoms with E-state index in [-0.39, 0.29) is 29.0 Å². The molecule has 0 amide bonds. The van der Waals surface area contributed by atoms with Gasteiger partial charge in [-0.2, -0.15) is 0 Å². The highest BCUT2D eigenvalue weighted by Crippen LogP contribution is 2.26. The number of carbonyl (C=O) groups is 1. The number of rotatable bonds is 6. The lowest BCUT2D eigenvalue weighted by molar-refractivity contribution is -0.142. The van der Waals surface area contributed by atoms with Crippen LogP contribution in [0.5, 0.6) is 0 Å². The van der Waals surface area contributed by atoms with Gasteiger partial charge in [0.15, 0.2) is 11.0 Å². The number of anilines is 1. The maximum absolute atomic E-state index is 11.7. The molecule has 0 aliphatic carbocycles. The summed E-state index contributed by atoms with van der Waals surface area (Å²) in [6, 6.07) is 0. The molecule has 0 aromatic carbocycles. The molecule has 0 atom stereocenters. The molecule has 1 aromatic heterocycles. The Kier molecular flexibility index (Phi) is 5.77. The first kappa shape index (κ1) is 15.9. The molecule has 1 rings (SSSR count). The van der Waals surface area contributed by atoms with Crippen LogP contribution in [0.4, 0.5) is 5.82 Å². The van der Waals surface area contributed by atoms with Gasteiger partial charge in [-0.3, -0.25) is 9.52 Å². The van der Waals surface area contributed by atoms with Crippen LogP contribution in [0.2, 0.25) is 10.2 Å². The van der Waals surface area contributed by atoms with Gasteiger partial charge in [-0.15, -0.1) is 0 Å². The number of halogens is 2. The first-order valence-electron chi connectivity index (χ1n) is 5.18. The zero-order valence-corrected chi connectivity index (χ0v) is 12.2. The summed E-state index contributed by atoms with van der Waals surface area (Å²) >= 11 is 11.4. The summed E-state index contributed by atoms with van der Waals surface area (Å²) in [5, 5.41) is -0.177. The monoisotopic (exact) mass is 327 g/mol. The zero-order valence-electron chi connectivity index (χ0n) is 9.89.